The second-order valence-electron chi connectivity index (χ2n) is 14.0. The summed E-state index contributed by atoms with van der Waals surface area (Å²) in [7, 11) is 0. The maximum atomic E-state index is 6.25. The van der Waals surface area contributed by atoms with Gasteiger partial charge in [0.1, 0.15) is 16.9 Å². The zero-order chi connectivity index (χ0) is 37.0. The predicted molar refractivity (Wildman–Crippen MR) is 228 cm³/mol. The molecule has 5 nitrogen and oxygen atoms in total. The molecule has 4 aromatic heterocycles. The molecule has 0 spiro atoms. The van der Waals surface area contributed by atoms with Crippen molar-refractivity contribution in [2.45, 2.75) is 0 Å². The van der Waals surface area contributed by atoms with E-state index in [0.717, 1.165) is 99.9 Å². The lowest BCUT2D eigenvalue weighted by molar-refractivity contribution is 0.669. The van der Waals surface area contributed by atoms with E-state index in [9.17, 15) is 0 Å². The Morgan fingerprint density at radius 3 is 1.73 bits per heavy atom. The van der Waals surface area contributed by atoms with Gasteiger partial charge in [0.2, 0.25) is 0 Å². The molecule has 0 saturated heterocycles. The van der Waals surface area contributed by atoms with Crippen LogP contribution in [0.5, 0.6) is 0 Å². The van der Waals surface area contributed by atoms with Gasteiger partial charge >= 0.3 is 0 Å². The minimum atomic E-state index is 0.650. The first-order valence-corrected chi connectivity index (χ1v) is 18.8. The van der Waals surface area contributed by atoms with E-state index in [1.807, 2.05) is 54.6 Å². The van der Waals surface area contributed by atoms with E-state index in [1.54, 1.807) is 0 Å². The molecule has 262 valence electrons. The van der Waals surface area contributed by atoms with Crippen molar-refractivity contribution in [3.05, 3.63) is 194 Å². The zero-order valence-corrected chi connectivity index (χ0v) is 30.2. The minimum Gasteiger partial charge on any atom is -0.456 e. The number of benzene rings is 7. The quantitative estimate of drug-likeness (QED) is 0.172. The summed E-state index contributed by atoms with van der Waals surface area (Å²) in [6.07, 6.45) is 0. The first-order valence-electron chi connectivity index (χ1n) is 18.8. The lowest BCUT2D eigenvalue weighted by atomic mass is 9.97. The highest BCUT2D eigenvalue weighted by molar-refractivity contribution is 6.12. The Kier molecular flexibility index (Phi) is 7.42. The molecule has 0 bridgehead atoms. The van der Waals surface area contributed by atoms with Crippen LogP contribution in [0.25, 0.3) is 106 Å². The maximum Gasteiger partial charge on any atom is 0.161 e. The number of furan rings is 1. The topological polar surface area (TPSA) is 56.2 Å². The highest BCUT2D eigenvalue weighted by Crippen LogP contribution is 2.42. The molecule has 0 saturated carbocycles. The maximum absolute atomic E-state index is 6.25. The molecule has 11 rings (SSSR count). The van der Waals surface area contributed by atoms with Crippen molar-refractivity contribution >= 4 is 38.2 Å². The molecule has 0 aliphatic heterocycles. The summed E-state index contributed by atoms with van der Waals surface area (Å²) in [5.74, 6) is 0.650. The molecule has 0 radical (unpaired) electrons. The molecular formula is C51H32N4O. The second-order valence-corrected chi connectivity index (χ2v) is 14.0. The van der Waals surface area contributed by atoms with E-state index in [4.69, 9.17) is 19.5 Å². The van der Waals surface area contributed by atoms with Gasteiger partial charge < -0.3 is 4.42 Å². The summed E-state index contributed by atoms with van der Waals surface area (Å²) in [6.45, 7) is 0. The fourth-order valence-electron chi connectivity index (χ4n) is 8.02. The number of nitrogens with zero attached hydrogens (tertiary/aromatic N) is 4. The fourth-order valence-corrected chi connectivity index (χ4v) is 8.02. The van der Waals surface area contributed by atoms with Crippen LogP contribution in [0.3, 0.4) is 0 Å². The van der Waals surface area contributed by atoms with Crippen LogP contribution < -0.4 is 0 Å². The summed E-state index contributed by atoms with van der Waals surface area (Å²) in [6, 6.07) is 67.2. The van der Waals surface area contributed by atoms with Crippen LogP contribution in [0, 0.1) is 0 Å². The van der Waals surface area contributed by atoms with E-state index < -0.39 is 0 Å². The summed E-state index contributed by atoms with van der Waals surface area (Å²) < 4.78 is 8.39. The van der Waals surface area contributed by atoms with Crippen molar-refractivity contribution in [3.8, 4) is 67.5 Å². The number of rotatable bonds is 6. The van der Waals surface area contributed by atoms with E-state index in [1.165, 1.54) is 0 Å². The molecule has 4 heterocycles. The Hall–Kier alpha value is -7.63. The van der Waals surface area contributed by atoms with Crippen molar-refractivity contribution in [2.75, 3.05) is 0 Å². The van der Waals surface area contributed by atoms with Crippen LogP contribution in [-0.4, -0.2) is 19.6 Å². The van der Waals surface area contributed by atoms with Crippen LogP contribution in [0.15, 0.2) is 199 Å². The van der Waals surface area contributed by atoms with Crippen molar-refractivity contribution in [1.82, 2.24) is 19.6 Å². The van der Waals surface area contributed by atoms with Gasteiger partial charge in [-0.25, -0.2) is 14.5 Å². The van der Waals surface area contributed by atoms with E-state index in [-0.39, 0.29) is 0 Å². The molecule has 0 aliphatic rings. The number of fused-ring (bicyclic) bond motifs is 6. The summed E-state index contributed by atoms with van der Waals surface area (Å²) >= 11 is 0. The third kappa shape index (κ3) is 5.29. The lowest BCUT2D eigenvalue weighted by Gasteiger charge is -2.12. The van der Waals surface area contributed by atoms with Gasteiger partial charge in [-0.05, 0) is 35.2 Å². The van der Waals surface area contributed by atoms with Gasteiger partial charge in [0.15, 0.2) is 5.82 Å². The van der Waals surface area contributed by atoms with E-state index >= 15 is 0 Å². The van der Waals surface area contributed by atoms with Gasteiger partial charge in [0.25, 0.3) is 0 Å². The van der Waals surface area contributed by atoms with Gasteiger partial charge in [-0.2, -0.15) is 5.10 Å². The molecule has 11 aromatic rings. The number of hydrogen-bond acceptors (Lipinski definition) is 4. The molecule has 7 aromatic carbocycles. The molecule has 0 amide bonds. The summed E-state index contributed by atoms with van der Waals surface area (Å²) in [4.78, 5) is 10.4. The highest BCUT2D eigenvalue weighted by Gasteiger charge is 2.22. The average molecular weight is 717 g/mol. The Morgan fingerprint density at radius 1 is 0.429 bits per heavy atom. The van der Waals surface area contributed by atoms with Crippen LogP contribution in [-0.2, 0) is 0 Å². The SMILES string of the molecule is c1ccc(-c2cc(-c3ccc(-c4cc5ccccc5c5c(-c6ccccc6)c(-c6ccccc6)nn45)cc3)nc(-c3cccc4oc5ccccc5c34)n2)cc1. The Morgan fingerprint density at radius 2 is 1.00 bits per heavy atom. The molecule has 5 heteroatoms. The fraction of sp³-hybridized carbons (Fsp3) is 0. The van der Waals surface area contributed by atoms with Crippen LogP contribution >= 0.6 is 0 Å². The van der Waals surface area contributed by atoms with Crippen molar-refractivity contribution < 1.29 is 4.42 Å². The summed E-state index contributed by atoms with van der Waals surface area (Å²) in [5, 5.41) is 9.76. The van der Waals surface area contributed by atoms with Gasteiger partial charge in [-0.1, -0.05) is 170 Å². The van der Waals surface area contributed by atoms with Gasteiger partial charge in [-0.15, -0.1) is 0 Å². The third-order valence-electron chi connectivity index (χ3n) is 10.6. The van der Waals surface area contributed by atoms with E-state index in [2.05, 4.69) is 144 Å². The Bertz CT molecular complexity index is 3220. The Labute approximate surface area is 322 Å². The smallest absolute Gasteiger partial charge is 0.161 e. The normalized spacial score (nSPS) is 11.6. The van der Waals surface area contributed by atoms with Crippen LogP contribution in [0.1, 0.15) is 0 Å². The minimum absolute atomic E-state index is 0.650. The predicted octanol–water partition coefficient (Wildman–Crippen LogP) is 13.2. The third-order valence-corrected chi connectivity index (χ3v) is 10.6. The zero-order valence-electron chi connectivity index (χ0n) is 30.2. The van der Waals surface area contributed by atoms with E-state index in [0.29, 0.717) is 5.82 Å². The average Bonchev–Trinajstić information content (AvgIpc) is 3.87. The van der Waals surface area contributed by atoms with Crippen LogP contribution in [0.4, 0.5) is 0 Å². The van der Waals surface area contributed by atoms with Crippen LogP contribution in [0.2, 0.25) is 0 Å². The number of aromatic nitrogens is 4. The largest absolute Gasteiger partial charge is 0.456 e. The second kappa shape index (κ2) is 13.0. The number of para-hydroxylation sites is 1. The first-order chi connectivity index (χ1) is 27.8. The first kappa shape index (κ1) is 31.9. The van der Waals surface area contributed by atoms with Crippen molar-refractivity contribution in [3.63, 3.8) is 0 Å². The molecule has 0 unspecified atom stereocenters. The number of pyridine rings is 1. The standard InChI is InChI=1S/C51H32N4O/c1-4-15-33(16-5-1)42-32-43(53-51(52-42)41-24-14-26-46-48(41)40-23-12-13-25-45(40)56-46)34-27-29-35(30-28-34)44-31-38-21-10-11-22-39(38)50-47(36-17-6-2-7-18-36)49(54-55(44)50)37-19-8-3-9-20-37/h1-32H. The molecule has 56 heavy (non-hydrogen) atoms. The van der Waals surface area contributed by atoms with Gasteiger partial charge in [-0.3, -0.25) is 0 Å². The monoisotopic (exact) mass is 716 g/mol. The molecular weight excluding hydrogens is 685 g/mol. The Balaban J connectivity index is 1.10. The molecule has 0 N–H and O–H groups in total. The molecule has 0 fully saturated rings. The molecule has 0 aliphatic carbocycles. The van der Waals surface area contributed by atoms with Gasteiger partial charge in [0, 0.05) is 49.5 Å². The summed E-state index contributed by atoms with van der Waals surface area (Å²) in [5.41, 5.74) is 13.7. The highest BCUT2D eigenvalue weighted by atomic mass is 16.3. The van der Waals surface area contributed by atoms with Crippen molar-refractivity contribution in [1.29, 1.82) is 0 Å². The lowest BCUT2D eigenvalue weighted by Crippen LogP contribution is -1.97. The number of hydrogen-bond donors (Lipinski definition) is 0. The van der Waals surface area contributed by atoms with Crippen molar-refractivity contribution in [2.24, 2.45) is 0 Å². The molecule has 0 atom stereocenters. The van der Waals surface area contributed by atoms with Gasteiger partial charge in [0.05, 0.1) is 22.6 Å².